The second-order valence-corrected chi connectivity index (χ2v) is 3.35. The molecule has 0 aliphatic heterocycles. The lowest BCUT2D eigenvalue weighted by Crippen LogP contribution is -2.11. The van der Waals surface area contributed by atoms with Crippen LogP contribution < -0.4 is 5.32 Å². The molecule has 84 valence electrons. The summed E-state index contributed by atoms with van der Waals surface area (Å²) in [5, 5.41) is 19.1. The average Bonchev–Trinajstić information content (AvgIpc) is 2.29. The molecule has 5 nitrogen and oxygen atoms in total. The number of hydrogen-bond donors (Lipinski definition) is 1. The molecule has 1 N–H and O–H groups in total. The lowest BCUT2D eigenvalue weighted by atomic mass is 10.4. The highest BCUT2D eigenvalue weighted by Crippen LogP contribution is 2.00. The third-order valence-corrected chi connectivity index (χ3v) is 1.68. The van der Waals surface area contributed by atoms with Gasteiger partial charge in [-0.1, -0.05) is 12.2 Å². The van der Waals surface area contributed by atoms with E-state index in [2.05, 4.69) is 22.1 Å². The molecule has 1 rings (SSSR count). The minimum absolute atomic E-state index is 0.309. The van der Waals surface area contributed by atoms with Crippen molar-refractivity contribution in [1.82, 2.24) is 10.2 Å². The largest absolute Gasteiger partial charge is 0.375 e. The fourth-order valence-corrected chi connectivity index (χ4v) is 0.984. The summed E-state index contributed by atoms with van der Waals surface area (Å²) in [7, 11) is 0. The van der Waals surface area contributed by atoms with Gasteiger partial charge in [0.2, 0.25) is 0 Å². The number of rotatable bonds is 6. The molecule has 0 unspecified atom stereocenters. The highest BCUT2D eigenvalue weighted by Gasteiger charge is 1.95. The molecule has 1 aromatic rings. The van der Waals surface area contributed by atoms with E-state index in [1.165, 1.54) is 0 Å². The van der Waals surface area contributed by atoms with Crippen molar-refractivity contribution < 1.29 is 4.74 Å². The van der Waals surface area contributed by atoms with Gasteiger partial charge in [-0.25, -0.2) is 0 Å². The molecule has 0 aliphatic carbocycles. The lowest BCUT2D eigenvalue weighted by molar-refractivity contribution is 0.167. The van der Waals surface area contributed by atoms with Crippen LogP contribution in [0, 0.1) is 11.3 Å². The number of nitrogens with zero attached hydrogens (tertiary/aromatic N) is 3. The third-order valence-electron chi connectivity index (χ3n) is 1.68. The van der Waals surface area contributed by atoms with E-state index in [0.717, 1.165) is 5.57 Å². The van der Waals surface area contributed by atoms with Crippen LogP contribution in [-0.2, 0) is 4.74 Å². The molecule has 16 heavy (non-hydrogen) atoms. The van der Waals surface area contributed by atoms with Crippen LogP contribution in [0.1, 0.15) is 12.6 Å². The van der Waals surface area contributed by atoms with Gasteiger partial charge in [0.1, 0.15) is 11.9 Å². The normalized spacial score (nSPS) is 9.50. The number of ether oxygens (including phenoxy) is 1. The standard InChI is InChI=1S/C11H14N4O/c1-9(2)8-16-6-5-13-11-4-3-10(7-12)14-15-11/h3-4H,1,5-6,8H2,2H3,(H,13,15). The summed E-state index contributed by atoms with van der Waals surface area (Å²) in [4.78, 5) is 0. The Morgan fingerprint density at radius 2 is 2.38 bits per heavy atom. The van der Waals surface area contributed by atoms with Gasteiger partial charge >= 0.3 is 0 Å². The first-order chi connectivity index (χ1) is 7.72. The zero-order valence-electron chi connectivity index (χ0n) is 9.23. The maximum atomic E-state index is 8.53. The Morgan fingerprint density at radius 1 is 1.56 bits per heavy atom. The maximum Gasteiger partial charge on any atom is 0.163 e. The van der Waals surface area contributed by atoms with Crippen LogP contribution in [0.5, 0.6) is 0 Å². The van der Waals surface area contributed by atoms with Crippen LogP contribution in [0.25, 0.3) is 0 Å². The summed E-state index contributed by atoms with van der Waals surface area (Å²) in [6.07, 6.45) is 0. The minimum atomic E-state index is 0.309. The first-order valence-electron chi connectivity index (χ1n) is 4.92. The first-order valence-corrected chi connectivity index (χ1v) is 4.92. The van der Waals surface area contributed by atoms with Crippen molar-refractivity contribution in [1.29, 1.82) is 5.26 Å². The van der Waals surface area contributed by atoms with E-state index in [9.17, 15) is 0 Å². The van der Waals surface area contributed by atoms with Gasteiger partial charge in [0.05, 0.1) is 13.2 Å². The van der Waals surface area contributed by atoms with Crippen LogP contribution in [-0.4, -0.2) is 30.0 Å². The van der Waals surface area contributed by atoms with Gasteiger partial charge in [-0.15, -0.1) is 10.2 Å². The molecule has 5 heteroatoms. The van der Waals surface area contributed by atoms with Crippen molar-refractivity contribution in [3.05, 3.63) is 30.0 Å². The van der Waals surface area contributed by atoms with E-state index < -0.39 is 0 Å². The van der Waals surface area contributed by atoms with Gasteiger partial charge in [-0.05, 0) is 19.1 Å². The van der Waals surface area contributed by atoms with Crippen molar-refractivity contribution >= 4 is 5.82 Å². The summed E-state index contributed by atoms with van der Waals surface area (Å²) in [5.41, 5.74) is 1.31. The Bertz CT molecular complexity index is 380. The second-order valence-electron chi connectivity index (χ2n) is 3.35. The van der Waals surface area contributed by atoms with Gasteiger partial charge in [-0.2, -0.15) is 5.26 Å². The summed E-state index contributed by atoms with van der Waals surface area (Å²) in [6.45, 7) is 7.44. The fourth-order valence-electron chi connectivity index (χ4n) is 0.984. The van der Waals surface area contributed by atoms with E-state index in [0.29, 0.717) is 31.3 Å². The van der Waals surface area contributed by atoms with Gasteiger partial charge in [-0.3, -0.25) is 0 Å². The maximum absolute atomic E-state index is 8.53. The Labute approximate surface area is 94.8 Å². The molecule has 0 saturated carbocycles. The molecule has 0 fully saturated rings. The van der Waals surface area contributed by atoms with Crippen LogP contribution in [0.3, 0.4) is 0 Å². The summed E-state index contributed by atoms with van der Waals surface area (Å²) in [5.74, 6) is 0.637. The van der Waals surface area contributed by atoms with Gasteiger partial charge in [0.15, 0.2) is 5.69 Å². The van der Waals surface area contributed by atoms with Crippen LogP contribution >= 0.6 is 0 Å². The second kappa shape index (κ2) is 6.53. The fraction of sp³-hybridized carbons (Fsp3) is 0.364. The predicted octanol–water partition coefficient (Wildman–Crippen LogP) is 1.35. The topological polar surface area (TPSA) is 70.8 Å². The van der Waals surface area contributed by atoms with Gasteiger partial charge in [0, 0.05) is 6.54 Å². The Morgan fingerprint density at radius 3 is 2.94 bits per heavy atom. The van der Waals surface area contributed by atoms with Crippen molar-refractivity contribution in [2.45, 2.75) is 6.92 Å². The Hall–Kier alpha value is -1.93. The van der Waals surface area contributed by atoms with Crippen LogP contribution in [0.4, 0.5) is 5.82 Å². The molecule has 1 aromatic heterocycles. The zero-order valence-corrected chi connectivity index (χ0v) is 9.23. The number of aromatic nitrogens is 2. The number of anilines is 1. The first kappa shape index (κ1) is 12.1. The van der Waals surface area contributed by atoms with Crippen LogP contribution in [0.15, 0.2) is 24.3 Å². The van der Waals surface area contributed by atoms with Crippen molar-refractivity contribution in [2.75, 3.05) is 25.1 Å². The van der Waals surface area contributed by atoms with E-state index >= 15 is 0 Å². The minimum Gasteiger partial charge on any atom is -0.375 e. The van der Waals surface area contributed by atoms with E-state index in [4.69, 9.17) is 10.00 Å². The molecule has 0 amide bonds. The molecular formula is C11H14N4O. The molecule has 0 aromatic carbocycles. The predicted molar refractivity (Wildman–Crippen MR) is 60.9 cm³/mol. The van der Waals surface area contributed by atoms with Crippen molar-refractivity contribution in [3.63, 3.8) is 0 Å². The number of nitrogens with one attached hydrogen (secondary N) is 1. The Kier molecular flexibility index (Phi) is 4.96. The molecular weight excluding hydrogens is 204 g/mol. The van der Waals surface area contributed by atoms with Crippen LogP contribution in [0.2, 0.25) is 0 Å². The molecule has 0 saturated heterocycles. The summed E-state index contributed by atoms with van der Waals surface area (Å²) >= 11 is 0. The smallest absolute Gasteiger partial charge is 0.163 e. The molecule has 0 atom stereocenters. The summed E-state index contributed by atoms with van der Waals surface area (Å²) < 4.78 is 5.30. The monoisotopic (exact) mass is 218 g/mol. The van der Waals surface area contributed by atoms with Crippen molar-refractivity contribution in [3.8, 4) is 6.07 Å². The van der Waals surface area contributed by atoms with E-state index in [1.807, 2.05) is 13.0 Å². The summed E-state index contributed by atoms with van der Waals surface area (Å²) in [6, 6.07) is 5.24. The highest BCUT2D eigenvalue weighted by molar-refractivity contribution is 5.34. The van der Waals surface area contributed by atoms with Gasteiger partial charge in [0.25, 0.3) is 0 Å². The zero-order chi connectivity index (χ0) is 11.8. The molecule has 0 radical (unpaired) electrons. The third kappa shape index (κ3) is 4.53. The SMILES string of the molecule is C=C(C)COCCNc1ccc(C#N)nn1. The van der Waals surface area contributed by atoms with E-state index in [1.54, 1.807) is 12.1 Å². The highest BCUT2D eigenvalue weighted by atomic mass is 16.5. The average molecular weight is 218 g/mol. The molecule has 0 bridgehead atoms. The van der Waals surface area contributed by atoms with Gasteiger partial charge < -0.3 is 10.1 Å². The quantitative estimate of drug-likeness (QED) is 0.576. The molecule has 1 heterocycles. The Balaban J connectivity index is 2.22. The number of nitriles is 1. The van der Waals surface area contributed by atoms with Crippen molar-refractivity contribution in [2.24, 2.45) is 0 Å². The lowest BCUT2D eigenvalue weighted by Gasteiger charge is -2.05. The molecule has 0 spiro atoms. The number of hydrogen-bond acceptors (Lipinski definition) is 5. The van der Waals surface area contributed by atoms with E-state index in [-0.39, 0.29) is 0 Å². The molecule has 0 aliphatic rings.